The highest BCUT2D eigenvalue weighted by Crippen LogP contribution is 2.31. The molecule has 6 nitrogen and oxygen atoms in total. The van der Waals surface area contributed by atoms with Gasteiger partial charge >= 0.3 is 0 Å². The van der Waals surface area contributed by atoms with Gasteiger partial charge in [0.2, 0.25) is 0 Å². The van der Waals surface area contributed by atoms with E-state index in [1.807, 2.05) is 25.1 Å². The van der Waals surface area contributed by atoms with Gasteiger partial charge in [-0.2, -0.15) is 0 Å². The molecular formula is C21H20ClN3O3. The zero-order chi connectivity index (χ0) is 20.1. The number of hydrogen-bond acceptors (Lipinski definition) is 5. The Kier molecular flexibility index (Phi) is 6.01. The zero-order valence-electron chi connectivity index (χ0n) is 15.7. The maximum absolute atomic E-state index is 12.6. The summed E-state index contributed by atoms with van der Waals surface area (Å²) >= 11 is 6.12. The number of amides is 1. The molecule has 2 aromatic carbocycles. The van der Waals surface area contributed by atoms with Crippen molar-refractivity contribution in [3.05, 3.63) is 70.9 Å². The van der Waals surface area contributed by atoms with Gasteiger partial charge in [-0.3, -0.25) is 4.79 Å². The third kappa shape index (κ3) is 4.35. The van der Waals surface area contributed by atoms with Crippen molar-refractivity contribution in [1.82, 2.24) is 4.98 Å². The highest BCUT2D eigenvalue weighted by atomic mass is 35.5. The van der Waals surface area contributed by atoms with E-state index in [1.165, 1.54) is 0 Å². The SMILES string of the molecule is COc1ccc(Nc2cc(C(=O)Nc3cccc(Cl)c3C)ccn2)c(OC)c1. The monoisotopic (exact) mass is 397 g/mol. The van der Waals surface area contributed by atoms with E-state index in [4.69, 9.17) is 21.1 Å². The lowest BCUT2D eigenvalue weighted by Crippen LogP contribution is -2.13. The van der Waals surface area contributed by atoms with Crippen LogP contribution in [0.25, 0.3) is 0 Å². The second kappa shape index (κ2) is 8.63. The number of carbonyl (C=O) groups is 1. The van der Waals surface area contributed by atoms with E-state index in [2.05, 4.69) is 15.6 Å². The summed E-state index contributed by atoms with van der Waals surface area (Å²) in [5, 5.41) is 6.64. The van der Waals surface area contributed by atoms with Crippen LogP contribution in [-0.2, 0) is 0 Å². The first-order valence-electron chi connectivity index (χ1n) is 8.53. The summed E-state index contributed by atoms with van der Waals surface area (Å²) in [6, 6.07) is 14.1. The molecule has 0 aliphatic rings. The third-order valence-electron chi connectivity index (χ3n) is 4.21. The predicted octanol–water partition coefficient (Wildman–Crippen LogP) is 5.06. The van der Waals surface area contributed by atoms with E-state index >= 15 is 0 Å². The first-order chi connectivity index (χ1) is 13.5. The molecule has 0 unspecified atom stereocenters. The molecule has 0 aliphatic heterocycles. The molecule has 7 heteroatoms. The number of nitrogens with zero attached hydrogens (tertiary/aromatic N) is 1. The summed E-state index contributed by atoms with van der Waals surface area (Å²) in [6.07, 6.45) is 1.57. The molecule has 0 bridgehead atoms. The van der Waals surface area contributed by atoms with Gasteiger partial charge in [0.15, 0.2) is 0 Å². The van der Waals surface area contributed by atoms with E-state index in [-0.39, 0.29) is 5.91 Å². The minimum Gasteiger partial charge on any atom is -0.497 e. The topological polar surface area (TPSA) is 72.5 Å². The van der Waals surface area contributed by atoms with Gasteiger partial charge in [-0.1, -0.05) is 17.7 Å². The predicted molar refractivity (Wildman–Crippen MR) is 111 cm³/mol. The standard InChI is InChI=1S/C21H20ClN3O3/c1-13-16(22)5-4-6-17(13)25-21(26)14-9-10-23-20(11-14)24-18-8-7-15(27-2)12-19(18)28-3/h4-12H,1-3H3,(H,23,24)(H,25,26). The van der Waals surface area contributed by atoms with Gasteiger partial charge in [0.25, 0.3) is 5.91 Å². The van der Waals surface area contributed by atoms with E-state index < -0.39 is 0 Å². The summed E-state index contributed by atoms with van der Waals surface area (Å²) in [7, 11) is 3.16. The molecule has 1 amide bonds. The van der Waals surface area contributed by atoms with E-state index in [1.54, 1.807) is 50.7 Å². The van der Waals surface area contributed by atoms with E-state index in [9.17, 15) is 4.79 Å². The minimum atomic E-state index is -0.252. The molecule has 0 saturated heterocycles. The first kappa shape index (κ1) is 19.5. The van der Waals surface area contributed by atoms with Crippen molar-refractivity contribution in [2.45, 2.75) is 6.92 Å². The molecule has 0 atom stereocenters. The average molecular weight is 398 g/mol. The van der Waals surface area contributed by atoms with Crippen molar-refractivity contribution in [2.75, 3.05) is 24.9 Å². The van der Waals surface area contributed by atoms with E-state index in [0.29, 0.717) is 39.3 Å². The maximum atomic E-state index is 12.6. The van der Waals surface area contributed by atoms with Crippen LogP contribution in [0.2, 0.25) is 5.02 Å². The number of ether oxygens (including phenoxy) is 2. The normalized spacial score (nSPS) is 10.3. The number of carbonyl (C=O) groups excluding carboxylic acids is 1. The Bertz CT molecular complexity index is 1010. The van der Waals surface area contributed by atoms with Crippen molar-refractivity contribution < 1.29 is 14.3 Å². The van der Waals surface area contributed by atoms with Gasteiger partial charge in [0.05, 0.1) is 19.9 Å². The first-order valence-corrected chi connectivity index (χ1v) is 8.91. The van der Waals surface area contributed by atoms with Crippen LogP contribution in [0.3, 0.4) is 0 Å². The Morgan fingerprint density at radius 3 is 2.61 bits per heavy atom. The van der Waals surface area contributed by atoms with Crippen molar-refractivity contribution in [3.63, 3.8) is 0 Å². The van der Waals surface area contributed by atoms with Crippen LogP contribution in [-0.4, -0.2) is 25.1 Å². The summed E-state index contributed by atoms with van der Waals surface area (Å²) in [4.78, 5) is 16.9. The molecule has 3 rings (SSSR count). The van der Waals surface area contributed by atoms with Gasteiger partial charge in [0.1, 0.15) is 17.3 Å². The molecule has 0 saturated carbocycles. The summed E-state index contributed by atoms with van der Waals surface area (Å²) in [5.41, 5.74) is 2.65. The fraction of sp³-hybridized carbons (Fsp3) is 0.143. The van der Waals surface area contributed by atoms with Crippen molar-refractivity contribution in [3.8, 4) is 11.5 Å². The largest absolute Gasteiger partial charge is 0.497 e. The lowest BCUT2D eigenvalue weighted by atomic mass is 10.2. The van der Waals surface area contributed by atoms with Gasteiger partial charge in [-0.15, -0.1) is 0 Å². The zero-order valence-corrected chi connectivity index (χ0v) is 16.5. The van der Waals surface area contributed by atoms with Crippen molar-refractivity contribution in [2.24, 2.45) is 0 Å². The van der Waals surface area contributed by atoms with Crippen molar-refractivity contribution >= 4 is 34.7 Å². The molecular weight excluding hydrogens is 378 g/mol. The number of rotatable bonds is 6. The van der Waals surface area contributed by atoms with Crippen LogP contribution in [0.5, 0.6) is 11.5 Å². The molecule has 0 fully saturated rings. The molecule has 3 aromatic rings. The molecule has 0 radical (unpaired) electrons. The van der Waals surface area contributed by atoms with Crippen LogP contribution in [0.15, 0.2) is 54.7 Å². The third-order valence-corrected chi connectivity index (χ3v) is 4.62. The van der Waals surface area contributed by atoms with Crippen LogP contribution in [0, 0.1) is 6.92 Å². The van der Waals surface area contributed by atoms with Gasteiger partial charge < -0.3 is 20.1 Å². The second-order valence-electron chi connectivity index (χ2n) is 5.99. The van der Waals surface area contributed by atoms with Gasteiger partial charge in [-0.05, 0) is 48.9 Å². The molecule has 2 N–H and O–H groups in total. The molecule has 144 valence electrons. The fourth-order valence-electron chi connectivity index (χ4n) is 2.62. The number of aromatic nitrogens is 1. The lowest BCUT2D eigenvalue weighted by Gasteiger charge is -2.13. The molecule has 1 aromatic heterocycles. The number of benzene rings is 2. The second-order valence-corrected chi connectivity index (χ2v) is 6.39. The highest BCUT2D eigenvalue weighted by molar-refractivity contribution is 6.31. The maximum Gasteiger partial charge on any atom is 0.255 e. The number of methoxy groups -OCH3 is 2. The van der Waals surface area contributed by atoms with Crippen LogP contribution in [0.1, 0.15) is 15.9 Å². The Hall–Kier alpha value is -3.25. The van der Waals surface area contributed by atoms with Crippen LogP contribution < -0.4 is 20.1 Å². The smallest absolute Gasteiger partial charge is 0.255 e. The quantitative estimate of drug-likeness (QED) is 0.608. The highest BCUT2D eigenvalue weighted by Gasteiger charge is 2.11. The summed E-state index contributed by atoms with van der Waals surface area (Å²) in [6.45, 7) is 1.85. The molecule has 28 heavy (non-hydrogen) atoms. The average Bonchev–Trinajstić information content (AvgIpc) is 2.72. The molecule has 0 spiro atoms. The van der Waals surface area contributed by atoms with Crippen LogP contribution in [0.4, 0.5) is 17.2 Å². The Morgan fingerprint density at radius 1 is 1.04 bits per heavy atom. The number of pyridine rings is 1. The number of hydrogen-bond donors (Lipinski definition) is 2. The fourth-order valence-corrected chi connectivity index (χ4v) is 2.79. The Morgan fingerprint density at radius 2 is 1.86 bits per heavy atom. The Labute approximate surface area is 168 Å². The Balaban J connectivity index is 1.80. The summed E-state index contributed by atoms with van der Waals surface area (Å²) < 4.78 is 10.6. The number of halogens is 1. The van der Waals surface area contributed by atoms with Crippen molar-refractivity contribution in [1.29, 1.82) is 0 Å². The van der Waals surface area contributed by atoms with E-state index in [0.717, 1.165) is 5.56 Å². The number of nitrogens with one attached hydrogen (secondary N) is 2. The summed E-state index contributed by atoms with van der Waals surface area (Å²) in [5.74, 6) is 1.54. The van der Waals surface area contributed by atoms with Gasteiger partial charge in [-0.25, -0.2) is 4.98 Å². The minimum absolute atomic E-state index is 0.252. The van der Waals surface area contributed by atoms with Crippen LogP contribution >= 0.6 is 11.6 Å². The number of anilines is 3. The lowest BCUT2D eigenvalue weighted by molar-refractivity contribution is 0.102. The molecule has 1 heterocycles. The van der Waals surface area contributed by atoms with Gasteiger partial charge in [0, 0.05) is 28.5 Å². The molecule has 0 aliphatic carbocycles.